The first-order chi connectivity index (χ1) is 22.2. The number of ether oxygens (including phenoxy) is 2. The normalized spacial score (nSPS) is 19.8. The van der Waals surface area contributed by atoms with E-state index < -0.39 is 5.60 Å². The molecule has 4 aliphatic rings. The maximum absolute atomic E-state index is 13.7. The Kier molecular flexibility index (Phi) is 6.28. The highest BCUT2D eigenvalue weighted by atomic mass is 16.5. The minimum Gasteiger partial charge on any atom is -0.476 e. The van der Waals surface area contributed by atoms with Crippen LogP contribution in [0.4, 0.5) is 22.1 Å². The Morgan fingerprint density at radius 3 is 2.74 bits per heavy atom. The molecule has 1 N–H and O–H groups in total. The summed E-state index contributed by atoms with van der Waals surface area (Å²) in [4.78, 5) is 52.4. The van der Waals surface area contributed by atoms with Crippen molar-refractivity contribution in [3.8, 4) is 11.4 Å². The van der Waals surface area contributed by atoms with E-state index in [0.717, 1.165) is 36.9 Å². The van der Waals surface area contributed by atoms with Crippen LogP contribution in [0.2, 0.25) is 0 Å². The van der Waals surface area contributed by atoms with Crippen molar-refractivity contribution >= 4 is 40.4 Å². The highest BCUT2D eigenvalue weighted by Crippen LogP contribution is 2.53. The molecule has 2 aromatic heterocycles. The van der Waals surface area contributed by atoms with Crippen molar-refractivity contribution in [2.45, 2.75) is 63.6 Å². The molecule has 1 fully saturated rings. The molecule has 2 aromatic carbocycles. The Hall–Kier alpha value is -5.13. The van der Waals surface area contributed by atoms with Gasteiger partial charge in [0, 0.05) is 36.9 Å². The number of rotatable bonds is 2. The van der Waals surface area contributed by atoms with Crippen LogP contribution in [0.25, 0.3) is 16.7 Å². The number of nitrogens with one attached hydrogen (secondary N) is 1. The molecule has 0 radical (unpaired) electrons. The van der Waals surface area contributed by atoms with Crippen LogP contribution < -0.4 is 20.5 Å². The maximum Gasteiger partial charge on any atom is 0.409 e. The van der Waals surface area contributed by atoms with Gasteiger partial charge < -0.3 is 24.6 Å². The lowest BCUT2D eigenvalue weighted by Crippen LogP contribution is -2.52. The molecule has 12 nitrogen and oxygen atoms in total. The third kappa shape index (κ3) is 4.45. The van der Waals surface area contributed by atoms with Gasteiger partial charge in [-0.05, 0) is 81.0 Å². The molecule has 4 aromatic rings. The third-order valence-corrected chi connectivity index (χ3v) is 9.55. The van der Waals surface area contributed by atoms with Gasteiger partial charge in [-0.15, -0.1) is 0 Å². The van der Waals surface area contributed by atoms with Gasteiger partial charge in [-0.25, -0.2) is 19.1 Å². The van der Waals surface area contributed by atoms with Crippen LogP contribution >= 0.6 is 0 Å². The predicted molar refractivity (Wildman–Crippen MR) is 172 cm³/mol. The summed E-state index contributed by atoms with van der Waals surface area (Å²) in [7, 11) is 1.41. The number of fused-ring (bicyclic) bond motifs is 7. The number of methoxy groups -OCH3 is 1. The number of amides is 2. The van der Waals surface area contributed by atoms with E-state index in [-0.39, 0.29) is 23.0 Å². The molecule has 0 unspecified atom stereocenters. The number of allylic oxidation sites excluding steroid dienone is 2. The molecule has 12 heteroatoms. The topological polar surface area (TPSA) is 124 Å². The van der Waals surface area contributed by atoms with E-state index in [9.17, 15) is 14.4 Å². The van der Waals surface area contributed by atoms with Crippen LogP contribution in [0.5, 0.6) is 5.75 Å². The van der Waals surface area contributed by atoms with Crippen molar-refractivity contribution in [3.05, 3.63) is 76.2 Å². The standard InChI is InChI=1S/C34H35N7O5/c1-33(2)30(43)39-14-6-4-5-7-15-40-29(42)24-18-35-31(37-28(24)41(40)23-9-11-27(46-33)26(39)17-23)36-22-8-10-25-21(16-22)19-38(32(44)45-3)20-34(25)12-13-34/h5,7-11,16-18H,4,6,12-15,19-20H2,1-3H3,(H,35,36,37)/b7-5-. The summed E-state index contributed by atoms with van der Waals surface area (Å²) < 4.78 is 14.6. The molecule has 1 saturated carbocycles. The molecule has 2 amide bonds. The summed E-state index contributed by atoms with van der Waals surface area (Å²) in [5, 5.41) is 3.71. The van der Waals surface area contributed by atoms with Crippen LogP contribution in [0.3, 0.4) is 0 Å². The molecular formula is C34H35N7O5. The molecule has 46 heavy (non-hydrogen) atoms. The lowest BCUT2D eigenvalue weighted by Gasteiger charge is -2.39. The van der Waals surface area contributed by atoms with Gasteiger partial charge in [-0.3, -0.25) is 9.59 Å². The second-order valence-electron chi connectivity index (χ2n) is 13.1. The Labute approximate surface area is 265 Å². The summed E-state index contributed by atoms with van der Waals surface area (Å²) in [5.74, 6) is 0.847. The van der Waals surface area contributed by atoms with Crippen molar-refractivity contribution in [2.75, 3.05) is 30.4 Å². The zero-order chi connectivity index (χ0) is 31.8. The molecule has 8 rings (SSSR count). The van der Waals surface area contributed by atoms with Crippen molar-refractivity contribution < 1.29 is 19.1 Å². The highest BCUT2D eigenvalue weighted by molar-refractivity contribution is 6.02. The Morgan fingerprint density at radius 1 is 1.09 bits per heavy atom. The fraction of sp³-hybridized carbons (Fsp3) is 0.382. The Morgan fingerprint density at radius 2 is 1.93 bits per heavy atom. The number of hydrogen-bond donors (Lipinski definition) is 1. The van der Waals surface area contributed by atoms with Crippen molar-refractivity contribution in [1.82, 2.24) is 24.2 Å². The molecule has 1 spiro atoms. The lowest BCUT2D eigenvalue weighted by atomic mass is 9.87. The summed E-state index contributed by atoms with van der Waals surface area (Å²) >= 11 is 0. The number of carbonyl (C=O) groups is 2. The fourth-order valence-corrected chi connectivity index (χ4v) is 7.08. The quantitative estimate of drug-likeness (QED) is 0.317. The van der Waals surface area contributed by atoms with Crippen molar-refractivity contribution in [1.29, 1.82) is 0 Å². The zero-order valence-corrected chi connectivity index (χ0v) is 26.1. The molecule has 2 bridgehead atoms. The zero-order valence-electron chi connectivity index (χ0n) is 26.1. The van der Waals surface area contributed by atoms with Gasteiger partial charge in [0.1, 0.15) is 11.1 Å². The van der Waals surface area contributed by atoms with Crippen LogP contribution in [0, 0.1) is 0 Å². The molecule has 236 valence electrons. The summed E-state index contributed by atoms with van der Waals surface area (Å²) in [6.45, 7) is 5.61. The number of anilines is 3. The molecular weight excluding hydrogens is 586 g/mol. The van der Waals surface area contributed by atoms with Gasteiger partial charge in [0.25, 0.3) is 11.5 Å². The number of benzene rings is 2. The summed E-state index contributed by atoms with van der Waals surface area (Å²) in [6, 6.07) is 11.8. The first kappa shape index (κ1) is 28.4. The predicted octanol–water partition coefficient (Wildman–Crippen LogP) is 4.79. The number of aromatic nitrogens is 4. The van der Waals surface area contributed by atoms with E-state index in [4.69, 9.17) is 14.5 Å². The highest BCUT2D eigenvalue weighted by Gasteiger charge is 2.50. The Balaban J connectivity index is 1.20. The molecule has 3 aliphatic heterocycles. The minimum atomic E-state index is -0.981. The third-order valence-electron chi connectivity index (χ3n) is 9.55. The van der Waals surface area contributed by atoms with Gasteiger partial charge in [0.15, 0.2) is 11.2 Å². The van der Waals surface area contributed by atoms with Gasteiger partial charge in [-0.1, -0.05) is 18.2 Å². The van der Waals surface area contributed by atoms with Crippen molar-refractivity contribution in [3.63, 3.8) is 0 Å². The molecule has 5 heterocycles. The van der Waals surface area contributed by atoms with E-state index >= 15 is 0 Å². The van der Waals surface area contributed by atoms with E-state index in [1.54, 1.807) is 39.2 Å². The fourth-order valence-electron chi connectivity index (χ4n) is 7.08. The maximum atomic E-state index is 13.7. The van der Waals surface area contributed by atoms with Crippen LogP contribution in [-0.2, 0) is 28.0 Å². The number of carbonyl (C=O) groups excluding carboxylic acids is 2. The van der Waals surface area contributed by atoms with Gasteiger partial charge in [0.2, 0.25) is 5.95 Å². The van der Waals surface area contributed by atoms with E-state index in [1.165, 1.54) is 12.7 Å². The van der Waals surface area contributed by atoms with Crippen molar-refractivity contribution in [2.24, 2.45) is 0 Å². The molecule has 0 saturated heterocycles. The van der Waals surface area contributed by atoms with Gasteiger partial charge in [0.05, 0.1) is 25.0 Å². The first-order valence-electron chi connectivity index (χ1n) is 15.7. The second kappa shape index (κ2) is 10.2. The van der Waals surface area contributed by atoms with Crippen LogP contribution in [0.1, 0.15) is 50.7 Å². The largest absolute Gasteiger partial charge is 0.476 e. The molecule has 1 aliphatic carbocycles. The van der Waals surface area contributed by atoms with E-state index in [1.807, 2.05) is 42.5 Å². The number of hydrogen-bond acceptors (Lipinski definition) is 8. The monoisotopic (exact) mass is 621 g/mol. The van der Waals surface area contributed by atoms with Crippen LogP contribution in [0.15, 0.2) is 59.5 Å². The smallest absolute Gasteiger partial charge is 0.409 e. The van der Waals surface area contributed by atoms with E-state index in [0.29, 0.717) is 60.3 Å². The summed E-state index contributed by atoms with van der Waals surface area (Å²) in [5.41, 5.74) is 3.71. The Bertz CT molecular complexity index is 2020. The average Bonchev–Trinajstić information content (AvgIpc) is 3.75. The van der Waals surface area contributed by atoms with Gasteiger partial charge in [-0.2, -0.15) is 4.98 Å². The first-order valence-corrected chi connectivity index (χ1v) is 15.7. The van der Waals surface area contributed by atoms with E-state index in [2.05, 4.69) is 16.4 Å². The average molecular weight is 622 g/mol. The second-order valence-corrected chi connectivity index (χ2v) is 13.1. The minimum absolute atomic E-state index is 0.000520. The van der Waals surface area contributed by atoms with Crippen LogP contribution in [-0.4, -0.2) is 62.0 Å². The molecule has 0 atom stereocenters. The number of nitrogens with zero attached hydrogens (tertiary/aromatic N) is 6. The lowest BCUT2D eigenvalue weighted by molar-refractivity contribution is -0.132. The SMILES string of the molecule is COC(=O)N1Cc2cc(Nc3ncc4c(=O)n5n(c4n3)-c3ccc4c(c3)N(CCC/C=C\C5)C(=O)C(C)(C)O4)ccc2C2(CC2)C1. The van der Waals surface area contributed by atoms with Gasteiger partial charge >= 0.3 is 6.09 Å². The summed E-state index contributed by atoms with van der Waals surface area (Å²) in [6.07, 6.45) is 8.89.